The van der Waals surface area contributed by atoms with Crippen LogP contribution in [0.1, 0.15) is 53.9 Å². The highest BCUT2D eigenvalue weighted by atomic mass is 16.5. The highest BCUT2D eigenvalue weighted by molar-refractivity contribution is 5.94. The van der Waals surface area contributed by atoms with Crippen molar-refractivity contribution in [2.24, 2.45) is 0 Å². The third kappa shape index (κ3) is 5.21. The van der Waals surface area contributed by atoms with E-state index in [1.165, 1.54) is 16.7 Å². The number of nitrogens with one attached hydrogen (secondary N) is 1. The Morgan fingerprint density at radius 1 is 1.04 bits per heavy atom. The van der Waals surface area contributed by atoms with E-state index in [4.69, 9.17) is 4.74 Å². The van der Waals surface area contributed by atoms with E-state index < -0.39 is 0 Å². The largest absolute Gasteiger partial charge is 0.379 e. The van der Waals surface area contributed by atoms with Gasteiger partial charge in [-0.15, -0.1) is 0 Å². The van der Waals surface area contributed by atoms with E-state index in [0.29, 0.717) is 12.1 Å². The summed E-state index contributed by atoms with van der Waals surface area (Å²) in [5, 5.41) is 3.15. The second-order valence-corrected chi connectivity index (χ2v) is 8.61. The summed E-state index contributed by atoms with van der Waals surface area (Å²) in [6, 6.07) is 16.7. The fraction of sp³-hybridized carbons (Fsp3) is 0.458. The summed E-state index contributed by atoms with van der Waals surface area (Å²) in [6.45, 7) is 12.5. The number of hydrogen-bond acceptors (Lipinski definition) is 3. The lowest BCUT2D eigenvalue weighted by Crippen LogP contribution is -2.43. The highest BCUT2D eigenvalue weighted by Crippen LogP contribution is 2.23. The van der Waals surface area contributed by atoms with Crippen molar-refractivity contribution in [3.8, 4) is 0 Å². The summed E-state index contributed by atoms with van der Waals surface area (Å²) in [5.41, 5.74) is 4.50. The summed E-state index contributed by atoms with van der Waals surface area (Å²) < 4.78 is 5.51. The normalized spacial score (nSPS) is 16.6. The van der Waals surface area contributed by atoms with Gasteiger partial charge in [0.1, 0.15) is 0 Å². The maximum atomic E-state index is 12.7. The summed E-state index contributed by atoms with van der Waals surface area (Å²) in [6.07, 6.45) is 0. The molecule has 1 N–H and O–H groups in total. The van der Waals surface area contributed by atoms with Crippen LogP contribution < -0.4 is 5.32 Å². The maximum absolute atomic E-state index is 12.7. The van der Waals surface area contributed by atoms with Crippen LogP contribution in [-0.4, -0.2) is 43.7 Å². The van der Waals surface area contributed by atoms with Gasteiger partial charge in [0.15, 0.2) is 0 Å². The van der Waals surface area contributed by atoms with Crippen LogP contribution in [0.25, 0.3) is 0 Å². The molecule has 28 heavy (non-hydrogen) atoms. The SMILES string of the molecule is Cc1ccc([C@H](CNC(=O)c2ccc(C(C)(C)C)cc2)N2CCOCC2)cc1. The third-order valence-corrected chi connectivity index (χ3v) is 5.42. The Kier molecular flexibility index (Phi) is 6.53. The molecule has 0 saturated carbocycles. The van der Waals surface area contributed by atoms with Crippen molar-refractivity contribution in [1.82, 2.24) is 10.2 Å². The van der Waals surface area contributed by atoms with Gasteiger partial charge in [-0.2, -0.15) is 0 Å². The lowest BCUT2D eigenvalue weighted by molar-refractivity contribution is 0.0162. The first-order chi connectivity index (χ1) is 13.3. The minimum Gasteiger partial charge on any atom is -0.379 e. The van der Waals surface area contributed by atoms with Crippen molar-refractivity contribution < 1.29 is 9.53 Å². The fourth-order valence-electron chi connectivity index (χ4n) is 3.55. The molecule has 1 amide bonds. The van der Waals surface area contributed by atoms with Gasteiger partial charge >= 0.3 is 0 Å². The van der Waals surface area contributed by atoms with E-state index in [1.807, 2.05) is 24.3 Å². The number of rotatable bonds is 5. The minimum atomic E-state index is -0.0224. The first kappa shape index (κ1) is 20.6. The average molecular weight is 381 g/mol. The molecule has 150 valence electrons. The topological polar surface area (TPSA) is 41.6 Å². The molecule has 1 fully saturated rings. The van der Waals surface area contributed by atoms with E-state index in [-0.39, 0.29) is 17.4 Å². The van der Waals surface area contributed by atoms with Crippen molar-refractivity contribution >= 4 is 5.91 Å². The summed E-state index contributed by atoms with van der Waals surface area (Å²) in [4.78, 5) is 15.1. The van der Waals surface area contributed by atoms with Crippen molar-refractivity contribution in [3.05, 3.63) is 70.8 Å². The van der Waals surface area contributed by atoms with Gasteiger partial charge in [0, 0.05) is 25.2 Å². The Morgan fingerprint density at radius 3 is 2.21 bits per heavy atom. The third-order valence-electron chi connectivity index (χ3n) is 5.42. The van der Waals surface area contributed by atoms with Crippen LogP contribution in [0.3, 0.4) is 0 Å². The van der Waals surface area contributed by atoms with Gasteiger partial charge < -0.3 is 10.1 Å². The zero-order valence-corrected chi connectivity index (χ0v) is 17.5. The van der Waals surface area contributed by atoms with E-state index in [9.17, 15) is 4.79 Å². The first-order valence-corrected chi connectivity index (χ1v) is 10.1. The molecule has 1 aliphatic rings. The van der Waals surface area contributed by atoms with Crippen LogP contribution in [-0.2, 0) is 10.2 Å². The van der Waals surface area contributed by atoms with Crippen LogP contribution in [0.4, 0.5) is 0 Å². The Balaban J connectivity index is 1.70. The van der Waals surface area contributed by atoms with Crippen LogP contribution >= 0.6 is 0 Å². The highest BCUT2D eigenvalue weighted by Gasteiger charge is 2.23. The van der Waals surface area contributed by atoms with Crippen LogP contribution in [0.15, 0.2) is 48.5 Å². The summed E-state index contributed by atoms with van der Waals surface area (Å²) in [7, 11) is 0. The lowest BCUT2D eigenvalue weighted by Gasteiger charge is -2.35. The van der Waals surface area contributed by atoms with Crippen molar-refractivity contribution in [2.75, 3.05) is 32.8 Å². The van der Waals surface area contributed by atoms with Crippen molar-refractivity contribution in [1.29, 1.82) is 0 Å². The molecule has 3 rings (SSSR count). The summed E-state index contributed by atoms with van der Waals surface area (Å²) in [5.74, 6) is -0.0224. The Morgan fingerprint density at radius 2 is 1.64 bits per heavy atom. The van der Waals surface area contributed by atoms with E-state index >= 15 is 0 Å². The molecular weight excluding hydrogens is 348 g/mol. The van der Waals surface area contributed by atoms with Crippen LogP contribution in [0.2, 0.25) is 0 Å². The molecule has 0 bridgehead atoms. The second-order valence-electron chi connectivity index (χ2n) is 8.61. The molecule has 0 spiro atoms. The van der Waals surface area contributed by atoms with E-state index in [0.717, 1.165) is 26.3 Å². The van der Waals surface area contributed by atoms with Crippen LogP contribution in [0.5, 0.6) is 0 Å². The zero-order valence-electron chi connectivity index (χ0n) is 17.5. The van der Waals surface area contributed by atoms with Crippen LogP contribution in [0, 0.1) is 6.92 Å². The second kappa shape index (κ2) is 8.89. The molecule has 1 saturated heterocycles. The molecular formula is C24H32N2O2. The number of hydrogen-bond donors (Lipinski definition) is 1. The number of benzene rings is 2. The molecule has 0 unspecified atom stereocenters. The Labute approximate surface area is 168 Å². The van der Waals surface area contributed by atoms with Gasteiger partial charge in [-0.1, -0.05) is 62.7 Å². The summed E-state index contributed by atoms with van der Waals surface area (Å²) >= 11 is 0. The molecule has 0 aliphatic carbocycles. The number of ether oxygens (including phenoxy) is 1. The average Bonchev–Trinajstić information content (AvgIpc) is 2.69. The predicted molar refractivity (Wildman–Crippen MR) is 114 cm³/mol. The molecule has 4 heteroatoms. The molecule has 2 aromatic rings. The van der Waals surface area contributed by atoms with E-state index in [1.54, 1.807) is 0 Å². The standard InChI is InChI=1S/C24H32N2O2/c1-18-5-7-19(8-6-18)22(26-13-15-28-16-14-26)17-25-23(27)20-9-11-21(12-10-20)24(2,3)4/h5-12,22H,13-17H2,1-4H3,(H,25,27)/t22-/m0/s1. The minimum absolute atomic E-state index is 0.0224. The maximum Gasteiger partial charge on any atom is 0.251 e. The number of morpholine rings is 1. The number of carbonyl (C=O) groups excluding carboxylic acids is 1. The lowest BCUT2D eigenvalue weighted by atomic mass is 9.87. The molecule has 0 aromatic heterocycles. The number of carbonyl (C=O) groups is 1. The Bertz CT molecular complexity index is 770. The smallest absolute Gasteiger partial charge is 0.251 e. The van der Waals surface area contributed by atoms with Crippen molar-refractivity contribution in [2.45, 2.75) is 39.2 Å². The number of nitrogens with zero attached hydrogens (tertiary/aromatic N) is 1. The van der Waals surface area contributed by atoms with Gasteiger partial charge in [0.25, 0.3) is 5.91 Å². The number of aryl methyl sites for hydroxylation is 1. The molecule has 1 aliphatic heterocycles. The molecule has 1 heterocycles. The molecule has 0 radical (unpaired) electrons. The molecule has 4 nitrogen and oxygen atoms in total. The predicted octanol–water partition coefficient (Wildman–Crippen LogP) is 4.10. The van der Waals surface area contributed by atoms with Gasteiger partial charge in [-0.05, 0) is 35.6 Å². The quantitative estimate of drug-likeness (QED) is 0.849. The fourth-order valence-corrected chi connectivity index (χ4v) is 3.55. The van der Waals surface area contributed by atoms with Crippen molar-refractivity contribution in [3.63, 3.8) is 0 Å². The van der Waals surface area contributed by atoms with Gasteiger partial charge in [0.05, 0.1) is 19.3 Å². The van der Waals surface area contributed by atoms with Gasteiger partial charge in [-0.25, -0.2) is 0 Å². The monoisotopic (exact) mass is 380 g/mol. The van der Waals surface area contributed by atoms with Gasteiger partial charge in [-0.3, -0.25) is 9.69 Å². The number of amides is 1. The first-order valence-electron chi connectivity index (χ1n) is 10.1. The molecule has 2 aromatic carbocycles. The van der Waals surface area contributed by atoms with Gasteiger partial charge in [0.2, 0.25) is 0 Å². The molecule has 1 atom stereocenters. The zero-order chi connectivity index (χ0) is 20.1. The Hall–Kier alpha value is -2.17. The van der Waals surface area contributed by atoms with E-state index in [2.05, 4.69) is 62.2 Å².